The lowest BCUT2D eigenvalue weighted by Crippen LogP contribution is -2.42. The Balaban J connectivity index is 2.29. The SMILES string of the molecule is Cc1ccc(S(=O)(=O)N(CCCBr)CCN(CCCBr)S(=O)(=O)c2ccc(C)cc2)cc1. The lowest BCUT2D eigenvalue weighted by Gasteiger charge is -2.27. The summed E-state index contributed by atoms with van der Waals surface area (Å²) in [5, 5.41) is 1.31. The van der Waals surface area contributed by atoms with Gasteiger partial charge in [0.25, 0.3) is 0 Å². The van der Waals surface area contributed by atoms with Crippen LogP contribution in [0.5, 0.6) is 0 Å². The van der Waals surface area contributed by atoms with Gasteiger partial charge in [0.1, 0.15) is 0 Å². The van der Waals surface area contributed by atoms with Gasteiger partial charge >= 0.3 is 0 Å². The van der Waals surface area contributed by atoms with Crippen LogP contribution in [0.3, 0.4) is 0 Å². The molecule has 0 atom stereocenters. The average molecular weight is 610 g/mol. The first-order valence-electron chi connectivity index (χ1n) is 10.4. The Bertz CT molecular complexity index is 971. The van der Waals surface area contributed by atoms with Crippen molar-refractivity contribution < 1.29 is 16.8 Å². The Morgan fingerprint density at radius 2 is 0.906 bits per heavy atom. The molecule has 6 nitrogen and oxygen atoms in total. The Morgan fingerprint density at radius 3 is 1.19 bits per heavy atom. The van der Waals surface area contributed by atoms with Crippen molar-refractivity contribution in [2.75, 3.05) is 36.8 Å². The Morgan fingerprint density at radius 1 is 0.594 bits per heavy atom. The molecule has 0 aliphatic heterocycles. The molecular weight excluding hydrogens is 580 g/mol. The highest BCUT2D eigenvalue weighted by atomic mass is 79.9. The smallest absolute Gasteiger partial charge is 0.207 e. The van der Waals surface area contributed by atoms with Crippen molar-refractivity contribution >= 4 is 51.9 Å². The van der Waals surface area contributed by atoms with E-state index >= 15 is 0 Å². The second-order valence-electron chi connectivity index (χ2n) is 7.52. The molecule has 0 aliphatic rings. The van der Waals surface area contributed by atoms with E-state index in [0.29, 0.717) is 36.6 Å². The maximum absolute atomic E-state index is 13.3. The summed E-state index contributed by atoms with van der Waals surface area (Å²) >= 11 is 6.72. The molecule has 0 heterocycles. The summed E-state index contributed by atoms with van der Waals surface area (Å²) in [6.45, 7) is 4.57. The number of benzene rings is 2. The molecule has 10 heteroatoms. The van der Waals surface area contributed by atoms with E-state index in [1.54, 1.807) is 48.5 Å². The fraction of sp³-hybridized carbons (Fsp3) is 0.455. The van der Waals surface area contributed by atoms with E-state index in [4.69, 9.17) is 0 Å². The Kier molecular flexibility index (Phi) is 10.8. The van der Waals surface area contributed by atoms with Crippen molar-refractivity contribution in [1.82, 2.24) is 8.61 Å². The van der Waals surface area contributed by atoms with Gasteiger partial charge in [-0.1, -0.05) is 67.3 Å². The first-order chi connectivity index (χ1) is 15.1. The third-order valence-electron chi connectivity index (χ3n) is 5.00. The highest BCUT2D eigenvalue weighted by molar-refractivity contribution is 9.09. The number of hydrogen-bond acceptors (Lipinski definition) is 4. The first kappa shape index (κ1) is 27.5. The lowest BCUT2D eigenvalue weighted by molar-refractivity contribution is 0.344. The number of halogens is 2. The van der Waals surface area contributed by atoms with E-state index in [0.717, 1.165) is 11.1 Å². The molecular formula is C22H30Br2N2O4S2. The monoisotopic (exact) mass is 608 g/mol. The molecule has 0 aromatic heterocycles. The minimum absolute atomic E-state index is 0.0799. The average Bonchev–Trinajstić information content (AvgIpc) is 2.76. The third kappa shape index (κ3) is 7.36. The summed E-state index contributed by atoms with van der Waals surface area (Å²) in [4.78, 5) is 0.428. The maximum Gasteiger partial charge on any atom is 0.243 e. The molecule has 178 valence electrons. The van der Waals surface area contributed by atoms with Crippen LogP contribution in [0.2, 0.25) is 0 Å². The molecule has 0 bridgehead atoms. The molecule has 0 fully saturated rings. The molecule has 0 radical (unpaired) electrons. The van der Waals surface area contributed by atoms with Crippen LogP contribution in [-0.4, -0.2) is 62.3 Å². The Labute approximate surface area is 209 Å². The number of hydrogen-bond donors (Lipinski definition) is 0. The van der Waals surface area contributed by atoms with Crippen molar-refractivity contribution in [1.29, 1.82) is 0 Å². The summed E-state index contributed by atoms with van der Waals surface area (Å²) < 4.78 is 55.8. The number of aryl methyl sites for hydroxylation is 2. The molecule has 0 amide bonds. The fourth-order valence-electron chi connectivity index (χ4n) is 3.12. The van der Waals surface area contributed by atoms with E-state index in [9.17, 15) is 16.8 Å². The molecule has 0 aliphatic carbocycles. The van der Waals surface area contributed by atoms with Crippen LogP contribution in [0.15, 0.2) is 58.3 Å². The predicted molar refractivity (Wildman–Crippen MR) is 137 cm³/mol. The zero-order valence-corrected chi connectivity index (χ0v) is 23.2. The highest BCUT2D eigenvalue weighted by Gasteiger charge is 2.28. The van der Waals surface area contributed by atoms with E-state index < -0.39 is 20.0 Å². The zero-order chi connectivity index (χ0) is 23.8. The Hall–Kier alpha value is -0.780. The number of sulfonamides is 2. The summed E-state index contributed by atoms with van der Waals surface area (Å²) in [6.07, 6.45) is 1.24. The minimum atomic E-state index is -3.74. The predicted octanol–water partition coefficient (Wildman–Crippen LogP) is 4.56. The summed E-state index contributed by atoms with van der Waals surface area (Å²) in [5.41, 5.74) is 1.95. The summed E-state index contributed by atoms with van der Waals surface area (Å²) in [6, 6.07) is 13.4. The standard InChI is InChI=1S/C22H30Br2N2O4S2/c1-19-5-9-21(10-6-19)31(27,28)25(15-3-13-23)17-18-26(16-4-14-24)32(29,30)22-11-7-20(2)8-12-22/h5-12H,3-4,13-18H2,1-2H3. The van der Waals surface area contributed by atoms with E-state index in [1.165, 1.54) is 8.61 Å². The number of nitrogens with zero attached hydrogens (tertiary/aromatic N) is 2. The molecule has 0 saturated carbocycles. The van der Waals surface area contributed by atoms with Crippen LogP contribution < -0.4 is 0 Å². The topological polar surface area (TPSA) is 74.8 Å². The molecule has 0 unspecified atom stereocenters. The van der Waals surface area contributed by atoms with Crippen LogP contribution >= 0.6 is 31.9 Å². The molecule has 32 heavy (non-hydrogen) atoms. The van der Waals surface area contributed by atoms with E-state index in [2.05, 4.69) is 31.9 Å². The van der Waals surface area contributed by atoms with Crippen molar-refractivity contribution in [3.63, 3.8) is 0 Å². The second-order valence-corrected chi connectivity index (χ2v) is 13.0. The quantitative estimate of drug-likeness (QED) is 0.312. The highest BCUT2D eigenvalue weighted by Crippen LogP contribution is 2.20. The van der Waals surface area contributed by atoms with Crippen LogP contribution in [-0.2, 0) is 20.0 Å². The minimum Gasteiger partial charge on any atom is -0.207 e. The van der Waals surface area contributed by atoms with Crippen LogP contribution in [0.1, 0.15) is 24.0 Å². The van der Waals surface area contributed by atoms with Gasteiger partial charge in [-0.25, -0.2) is 16.8 Å². The van der Waals surface area contributed by atoms with Crippen LogP contribution in [0, 0.1) is 13.8 Å². The van der Waals surface area contributed by atoms with Gasteiger partial charge in [-0.15, -0.1) is 0 Å². The molecule has 2 aromatic carbocycles. The van der Waals surface area contributed by atoms with Gasteiger partial charge in [-0.05, 0) is 51.0 Å². The number of rotatable bonds is 13. The molecule has 2 rings (SSSR count). The van der Waals surface area contributed by atoms with Gasteiger partial charge in [-0.2, -0.15) is 8.61 Å². The van der Waals surface area contributed by atoms with E-state index in [1.807, 2.05) is 13.8 Å². The van der Waals surface area contributed by atoms with Crippen molar-refractivity contribution in [3.8, 4) is 0 Å². The van der Waals surface area contributed by atoms with Crippen molar-refractivity contribution in [3.05, 3.63) is 59.7 Å². The summed E-state index contributed by atoms with van der Waals surface area (Å²) in [5.74, 6) is 0. The van der Waals surface area contributed by atoms with Gasteiger partial charge in [0.2, 0.25) is 20.0 Å². The van der Waals surface area contributed by atoms with Gasteiger partial charge in [0.15, 0.2) is 0 Å². The fourth-order valence-corrected chi connectivity index (χ4v) is 6.56. The van der Waals surface area contributed by atoms with Gasteiger partial charge in [0.05, 0.1) is 9.79 Å². The van der Waals surface area contributed by atoms with Crippen LogP contribution in [0.25, 0.3) is 0 Å². The second kappa shape index (κ2) is 12.6. The third-order valence-corrected chi connectivity index (χ3v) is 9.95. The largest absolute Gasteiger partial charge is 0.243 e. The molecule has 0 N–H and O–H groups in total. The van der Waals surface area contributed by atoms with Crippen LogP contribution in [0.4, 0.5) is 0 Å². The van der Waals surface area contributed by atoms with Crippen molar-refractivity contribution in [2.24, 2.45) is 0 Å². The van der Waals surface area contributed by atoms with Gasteiger partial charge in [-0.3, -0.25) is 0 Å². The molecule has 0 saturated heterocycles. The lowest BCUT2D eigenvalue weighted by atomic mass is 10.2. The van der Waals surface area contributed by atoms with Crippen molar-refractivity contribution in [2.45, 2.75) is 36.5 Å². The van der Waals surface area contributed by atoms with E-state index in [-0.39, 0.29) is 22.9 Å². The van der Waals surface area contributed by atoms with Gasteiger partial charge in [0, 0.05) is 36.8 Å². The van der Waals surface area contributed by atoms with Gasteiger partial charge < -0.3 is 0 Å². The maximum atomic E-state index is 13.3. The zero-order valence-electron chi connectivity index (χ0n) is 18.4. The first-order valence-corrected chi connectivity index (χ1v) is 15.5. The summed E-state index contributed by atoms with van der Waals surface area (Å²) in [7, 11) is -7.48. The molecule has 2 aromatic rings. The molecule has 0 spiro atoms. The number of alkyl halides is 2. The normalized spacial score (nSPS) is 12.6.